The van der Waals surface area contributed by atoms with Crippen molar-refractivity contribution in [1.82, 2.24) is 0 Å². The Morgan fingerprint density at radius 1 is 1.50 bits per heavy atom. The van der Waals surface area contributed by atoms with E-state index in [4.69, 9.17) is 20.0 Å². The van der Waals surface area contributed by atoms with E-state index in [1.165, 1.54) is 0 Å². The van der Waals surface area contributed by atoms with Gasteiger partial charge < -0.3 is 20.0 Å². The van der Waals surface area contributed by atoms with Gasteiger partial charge in [0.15, 0.2) is 0 Å². The SMILES string of the molecule is O=C(O)[C@H](O)OP(=O)(O)O. The van der Waals surface area contributed by atoms with Crippen LogP contribution >= 0.6 is 7.82 Å². The predicted molar refractivity (Wildman–Crippen MR) is 26.8 cm³/mol. The normalized spacial score (nSPS) is 14.7. The monoisotopic (exact) mass is 172 g/mol. The van der Waals surface area contributed by atoms with Gasteiger partial charge >= 0.3 is 13.8 Å². The molecule has 0 unspecified atom stereocenters. The minimum Gasteiger partial charge on any atom is -0.477 e. The number of aliphatic hydroxyl groups is 1. The van der Waals surface area contributed by atoms with Gasteiger partial charge in [0, 0.05) is 0 Å². The molecule has 0 aliphatic carbocycles. The first-order valence-corrected chi connectivity index (χ1v) is 3.51. The Kier molecular flexibility index (Phi) is 2.95. The highest BCUT2D eigenvalue weighted by Crippen LogP contribution is 2.36. The Balaban J connectivity index is 3.93. The summed E-state index contributed by atoms with van der Waals surface area (Å²) in [6.45, 7) is 0. The maximum absolute atomic E-state index is 9.80. The number of hydrogen-bond acceptors (Lipinski definition) is 4. The molecule has 4 N–H and O–H groups in total. The third-order valence-electron chi connectivity index (χ3n) is 0.448. The second-order valence-corrected chi connectivity index (χ2v) is 2.48. The van der Waals surface area contributed by atoms with E-state index in [0.29, 0.717) is 0 Å². The molecule has 0 aliphatic heterocycles. The lowest BCUT2D eigenvalue weighted by molar-refractivity contribution is -0.164. The molecule has 0 bridgehead atoms. The van der Waals surface area contributed by atoms with Crippen LogP contribution in [-0.4, -0.2) is 32.3 Å². The summed E-state index contributed by atoms with van der Waals surface area (Å²) in [4.78, 5) is 25.5. The fraction of sp³-hybridized carbons (Fsp3) is 0.500. The van der Waals surface area contributed by atoms with Crippen molar-refractivity contribution in [3.05, 3.63) is 0 Å². The van der Waals surface area contributed by atoms with Crippen LogP contribution in [0.3, 0.4) is 0 Å². The number of carboxylic acids is 1. The summed E-state index contributed by atoms with van der Waals surface area (Å²) in [5.41, 5.74) is 0. The van der Waals surface area contributed by atoms with E-state index >= 15 is 0 Å². The Morgan fingerprint density at radius 3 is 2.00 bits per heavy atom. The molecular formula is C2H5O7P. The number of aliphatic hydroxyl groups excluding tert-OH is 1. The maximum Gasteiger partial charge on any atom is 0.472 e. The Bertz CT molecular complexity index is 168. The molecule has 0 saturated carbocycles. The van der Waals surface area contributed by atoms with Gasteiger partial charge in [-0.05, 0) is 0 Å². The number of hydrogen-bond donors (Lipinski definition) is 4. The molecule has 60 valence electrons. The van der Waals surface area contributed by atoms with E-state index in [2.05, 4.69) is 4.52 Å². The third kappa shape index (κ3) is 4.42. The van der Waals surface area contributed by atoms with Crippen molar-refractivity contribution in [3.8, 4) is 0 Å². The standard InChI is InChI=1S/C2H5O7P/c3-1(4)2(5)9-10(6,7)8/h2,5H,(H,3,4)(H2,6,7,8)/t2-/m1/s1. The first kappa shape index (κ1) is 9.54. The average molecular weight is 172 g/mol. The van der Waals surface area contributed by atoms with Crippen molar-refractivity contribution in [2.45, 2.75) is 6.29 Å². The highest BCUT2D eigenvalue weighted by Gasteiger charge is 2.25. The summed E-state index contributed by atoms with van der Waals surface area (Å²) in [6.07, 6.45) is -2.49. The smallest absolute Gasteiger partial charge is 0.472 e. The number of aliphatic carboxylic acids is 1. The van der Waals surface area contributed by atoms with Gasteiger partial charge in [0.25, 0.3) is 6.29 Å². The molecule has 0 saturated heterocycles. The van der Waals surface area contributed by atoms with Crippen LogP contribution in [-0.2, 0) is 13.9 Å². The molecule has 0 rings (SSSR count). The first-order chi connectivity index (χ1) is 4.33. The largest absolute Gasteiger partial charge is 0.477 e. The summed E-state index contributed by atoms with van der Waals surface area (Å²) in [6, 6.07) is 0. The number of phosphoric ester groups is 1. The van der Waals surface area contributed by atoms with E-state index in [-0.39, 0.29) is 0 Å². The summed E-state index contributed by atoms with van der Waals surface area (Å²) < 4.78 is 13.1. The summed E-state index contributed by atoms with van der Waals surface area (Å²) >= 11 is 0. The molecule has 0 aromatic carbocycles. The summed E-state index contributed by atoms with van der Waals surface area (Å²) in [5.74, 6) is -1.86. The van der Waals surface area contributed by atoms with E-state index in [9.17, 15) is 9.36 Å². The lowest BCUT2D eigenvalue weighted by Gasteiger charge is -2.06. The Hall–Kier alpha value is -0.460. The highest BCUT2D eigenvalue weighted by atomic mass is 31.2. The van der Waals surface area contributed by atoms with Crippen LogP contribution in [0.2, 0.25) is 0 Å². The van der Waals surface area contributed by atoms with Crippen LogP contribution in [0.25, 0.3) is 0 Å². The zero-order valence-electron chi connectivity index (χ0n) is 4.54. The Morgan fingerprint density at radius 2 is 1.90 bits per heavy atom. The molecule has 0 fully saturated rings. The van der Waals surface area contributed by atoms with Crippen molar-refractivity contribution in [2.75, 3.05) is 0 Å². The Labute approximate surface area is 55.1 Å². The lowest BCUT2D eigenvalue weighted by Crippen LogP contribution is -2.21. The number of carbonyl (C=O) groups is 1. The molecule has 0 spiro atoms. The van der Waals surface area contributed by atoms with Crippen molar-refractivity contribution in [1.29, 1.82) is 0 Å². The molecule has 7 nitrogen and oxygen atoms in total. The van der Waals surface area contributed by atoms with Crippen molar-refractivity contribution < 1.29 is 33.9 Å². The van der Waals surface area contributed by atoms with Crippen LogP contribution < -0.4 is 0 Å². The number of phosphoric acid groups is 1. The second kappa shape index (κ2) is 3.09. The molecule has 0 heterocycles. The van der Waals surface area contributed by atoms with Crippen molar-refractivity contribution >= 4 is 13.8 Å². The van der Waals surface area contributed by atoms with Gasteiger partial charge in [0.05, 0.1) is 0 Å². The van der Waals surface area contributed by atoms with Crippen LogP contribution in [0, 0.1) is 0 Å². The van der Waals surface area contributed by atoms with E-state index in [0.717, 1.165) is 0 Å². The minimum atomic E-state index is -4.91. The van der Waals surface area contributed by atoms with Gasteiger partial charge in [-0.2, -0.15) is 0 Å². The number of rotatable bonds is 3. The quantitative estimate of drug-likeness (QED) is 0.301. The molecule has 0 aromatic rings. The zero-order chi connectivity index (χ0) is 8.36. The fourth-order valence-electron chi connectivity index (χ4n) is 0.175. The summed E-state index contributed by atoms with van der Waals surface area (Å²) in [7, 11) is -4.91. The number of carboxylic acid groups (broad SMARTS) is 1. The topological polar surface area (TPSA) is 124 Å². The molecule has 10 heavy (non-hydrogen) atoms. The van der Waals surface area contributed by atoms with Crippen LogP contribution in [0.1, 0.15) is 0 Å². The molecule has 0 aliphatic rings. The van der Waals surface area contributed by atoms with Gasteiger partial charge in [-0.1, -0.05) is 0 Å². The predicted octanol–water partition coefficient (Wildman–Crippen LogP) is -1.50. The van der Waals surface area contributed by atoms with Crippen molar-refractivity contribution in [2.24, 2.45) is 0 Å². The fourth-order valence-corrected chi connectivity index (χ4v) is 0.525. The van der Waals surface area contributed by atoms with E-state index < -0.39 is 20.1 Å². The molecule has 0 aromatic heterocycles. The highest BCUT2D eigenvalue weighted by molar-refractivity contribution is 7.46. The van der Waals surface area contributed by atoms with Crippen LogP contribution in [0.5, 0.6) is 0 Å². The van der Waals surface area contributed by atoms with Crippen LogP contribution in [0.15, 0.2) is 0 Å². The molecular weight excluding hydrogens is 167 g/mol. The summed E-state index contributed by atoms with van der Waals surface area (Å²) in [5, 5.41) is 16.0. The zero-order valence-corrected chi connectivity index (χ0v) is 5.43. The van der Waals surface area contributed by atoms with Crippen LogP contribution in [0.4, 0.5) is 0 Å². The van der Waals surface area contributed by atoms with Gasteiger partial charge in [0.2, 0.25) is 0 Å². The molecule has 8 heteroatoms. The van der Waals surface area contributed by atoms with E-state index in [1.54, 1.807) is 0 Å². The maximum atomic E-state index is 9.80. The molecule has 0 radical (unpaired) electrons. The average Bonchev–Trinajstić information content (AvgIpc) is 1.60. The first-order valence-electron chi connectivity index (χ1n) is 1.98. The van der Waals surface area contributed by atoms with Gasteiger partial charge in [0.1, 0.15) is 0 Å². The molecule has 0 amide bonds. The second-order valence-electron chi connectivity index (χ2n) is 1.29. The third-order valence-corrected chi connectivity index (χ3v) is 0.923. The minimum absolute atomic E-state index is 1.86. The van der Waals surface area contributed by atoms with E-state index in [1.807, 2.05) is 0 Å². The lowest BCUT2D eigenvalue weighted by atomic mass is 10.7. The van der Waals surface area contributed by atoms with Crippen molar-refractivity contribution in [3.63, 3.8) is 0 Å². The van der Waals surface area contributed by atoms with Gasteiger partial charge in [-0.25, -0.2) is 13.9 Å². The van der Waals surface area contributed by atoms with Gasteiger partial charge in [-0.3, -0.25) is 0 Å². The molecule has 1 atom stereocenters. The van der Waals surface area contributed by atoms with Gasteiger partial charge in [-0.15, -0.1) is 0 Å².